The first-order valence-electron chi connectivity index (χ1n) is 20.3. The average molecular weight is 1400 g/mol. The van der Waals surface area contributed by atoms with E-state index in [1.54, 1.807) is 0 Å². The van der Waals surface area contributed by atoms with Gasteiger partial charge in [-0.2, -0.15) is 0 Å². The molecule has 0 spiro atoms. The molecule has 472 valence electrons. The summed E-state index contributed by atoms with van der Waals surface area (Å²) in [5, 5.41) is 7.05. The van der Waals surface area contributed by atoms with Crippen LogP contribution in [-0.2, 0) is 0 Å². The third kappa shape index (κ3) is 11.1. The number of amidine groups is 2. The molecule has 0 radical (unpaired) electrons. The summed E-state index contributed by atoms with van der Waals surface area (Å²) in [6, 6.07) is 3.52. The number of hydrazone groups is 2. The van der Waals surface area contributed by atoms with Gasteiger partial charge in [0.15, 0.2) is 0 Å². The molecule has 0 amide bonds. The molecule has 0 saturated heterocycles. The van der Waals surface area contributed by atoms with E-state index in [1.807, 2.05) is 5.43 Å². The molecule has 0 aliphatic carbocycles. The Bertz CT molecular complexity index is 2430. The Hall–Kier alpha value is -4.69. The molecule has 3 heterocycles. The van der Waals surface area contributed by atoms with Crippen molar-refractivity contribution in [3.8, 4) is 0 Å². The second-order valence-corrected chi connectivity index (χ2v) is 30.3. The zero-order chi connectivity index (χ0) is 64.8. The van der Waals surface area contributed by atoms with Gasteiger partial charge in [-0.3, -0.25) is 0 Å². The van der Waals surface area contributed by atoms with Crippen molar-refractivity contribution in [2.24, 2.45) is 10.2 Å². The molecule has 2 aromatic heterocycles. The van der Waals surface area contributed by atoms with Gasteiger partial charge < -0.3 is 0 Å². The quantitative estimate of drug-likeness (QED) is 0.0811. The van der Waals surface area contributed by atoms with Crippen LogP contribution in [0.2, 0.25) is 13.3 Å². The van der Waals surface area contributed by atoms with Crippen LogP contribution in [-0.4, -0.2) is 147 Å². The van der Waals surface area contributed by atoms with Crippen LogP contribution in [0.25, 0.3) is 0 Å². The summed E-state index contributed by atoms with van der Waals surface area (Å²) in [5.41, 5.74) is 2.82. The zero-order valence-electron chi connectivity index (χ0n) is 37.8. The van der Waals surface area contributed by atoms with E-state index in [9.17, 15) is 145 Å². The first-order chi connectivity index (χ1) is 35.9. The normalized spacial score (nSPS) is 16.6. The first kappa shape index (κ1) is 71.6. The van der Waals surface area contributed by atoms with Crippen molar-refractivity contribution < 1.29 is 171 Å². The van der Waals surface area contributed by atoms with E-state index in [0.717, 1.165) is 6.20 Å². The number of nitrogens with zero attached hydrogens (tertiary/aromatic N) is 4. The SMILES string of the molecule is FC(F)(F)C(F)(F)C(F)(F)C(F)(F)C(F)(F)C(F)(F)C[CH2][Sn]([CH2]CC(F)(F)C(F)(F)C(F)(F)C(F)(F)C(F)(F)C(F)(F)F)([CH2]CC(F)(F)C(F)(F)C(F)(F)C(F)(F)C(F)(F)C(F)(F)F)[c]1ccc(C2=NNC(c3ccccn3)=NN2)nc1. The molecular formula is C36H21F39N6Sn. The molecule has 3 rings (SSSR count). The topological polar surface area (TPSA) is 74.6 Å². The van der Waals surface area contributed by atoms with E-state index >= 15 is 26.3 Å². The fraction of sp³-hybridized carbons (Fsp3) is 0.667. The molecule has 2 aromatic rings. The number of alkyl halides is 39. The number of rotatable bonds is 24. The molecule has 0 aromatic carbocycles. The van der Waals surface area contributed by atoms with Crippen LogP contribution in [0.15, 0.2) is 52.9 Å². The number of pyridine rings is 2. The molecule has 0 bridgehead atoms. The van der Waals surface area contributed by atoms with Gasteiger partial charge in [-0.05, 0) is 0 Å². The number of hydrogen-bond acceptors (Lipinski definition) is 6. The second kappa shape index (κ2) is 21.1. The van der Waals surface area contributed by atoms with Crippen molar-refractivity contribution in [1.29, 1.82) is 0 Å². The fourth-order valence-corrected chi connectivity index (χ4v) is 20.3. The summed E-state index contributed by atoms with van der Waals surface area (Å²) in [6.45, 7) is 0. The summed E-state index contributed by atoms with van der Waals surface area (Å²) in [5.74, 6) is -130. The maximum atomic E-state index is 15.4. The predicted molar refractivity (Wildman–Crippen MR) is 194 cm³/mol. The fourth-order valence-electron chi connectivity index (χ4n) is 6.72. The number of hydrogen-bond donors (Lipinski definition) is 2. The number of nitrogens with one attached hydrogen (secondary N) is 2. The molecule has 1 aliphatic heterocycles. The minimum absolute atomic E-state index is 0.0256. The molecule has 0 unspecified atom stereocenters. The molecule has 2 N–H and O–H groups in total. The molecule has 0 saturated carbocycles. The summed E-state index contributed by atoms with van der Waals surface area (Å²) >= 11 is -8.47. The van der Waals surface area contributed by atoms with E-state index in [1.165, 1.54) is 18.2 Å². The van der Waals surface area contributed by atoms with Gasteiger partial charge >= 0.3 is 430 Å². The summed E-state index contributed by atoms with van der Waals surface area (Å²) in [6.07, 6.45) is -36.2. The number of halogens is 39. The first-order valence-corrected chi connectivity index (χ1v) is 27.8. The molecule has 0 fully saturated rings. The Morgan fingerprint density at radius 1 is 0.305 bits per heavy atom. The molecular weight excluding hydrogens is 1380 g/mol. The Labute approximate surface area is 429 Å². The Morgan fingerprint density at radius 2 is 0.573 bits per heavy atom. The molecule has 82 heavy (non-hydrogen) atoms. The standard InChI is InChI=1S/C12H9N6.3C8H4F13.Sn/c1-3-7-13-9(5-1)11-15-17-12(18-16-11)10-6-2-4-8-14-10;3*1-2-3(9,10)4(11,12)5(13,14)6(15,16)7(17,18)8(19,20)21;/h1-3,5-8H,(H,15,16)(H,17,18);3*1-2H2;. The van der Waals surface area contributed by atoms with Gasteiger partial charge in [0.1, 0.15) is 0 Å². The summed E-state index contributed by atoms with van der Waals surface area (Å²) in [7, 11) is 0. The van der Waals surface area contributed by atoms with E-state index in [4.69, 9.17) is 0 Å². The van der Waals surface area contributed by atoms with Crippen LogP contribution in [0.5, 0.6) is 0 Å². The van der Waals surface area contributed by atoms with E-state index in [-0.39, 0.29) is 17.8 Å². The molecule has 6 nitrogen and oxygen atoms in total. The van der Waals surface area contributed by atoms with Crippen molar-refractivity contribution in [3.05, 3.63) is 54.1 Å². The summed E-state index contributed by atoms with van der Waals surface area (Å²) < 4.78 is 537. The van der Waals surface area contributed by atoms with Crippen molar-refractivity contribution in [1.82, 2.24) is 20.8 Å². The van der Waals surface area contributed by atoms with Crippen LogP contribution < -0.4 is 14.4 Å². The van der Waals surface area contributed by atoms with Crippen LogP contribution in [0.4, 0.5) is 171 Å². The number of aromatic nitrogens is 2. The van der Waals surface area contributed by atoms with Crippen molar-refractivity contribution in [3.63, 3.8) is 0 Å². The summed E-state index contributed by atoms with van der Waals surface area (Å²) in [4.78, 5) is 6.95. The van der Waals surface area contributed by atoms with Gasteiger partial charge in [-0.1, -0.05) is 0 Å². The van der Waals surface area contributed by atoms with Gasteiger partial charge in [-0.25, -0.2) is 0 Å². The van der Waals surface area contributed by atoms with Crippen LogP contribution in [0.3, 0.4) is 0 Å². The van der Waals surface area contributed by atoms with Crippen molar-refractivity contribution in [2.45, 2.75) is 140 Å². The van der Waals surface area contributed by atoms with Gasteiger partial charge in [0.2, 0.25) is 0 Å². The van der Waals surface area contributed by atoms with E-state index < -0.39 is 185 Å². The van der Waals surface area contributed by atoms with E-state index in [2.05, 4.69) is 25.6 Å². The molecule has 0 atom stereocenters. The van der Waals surface area contributed by atoms with Crippen LogP contribution >= 0.6 is 0 Å². The Morgan fingerprint density at radius 3 is 0.793 bits per heavy atom. The van der Waals surface area contributed by atoms with Gasteiger partial charge in [-0.15, -0.1) is 0 Å². The maximum absolute atomic E-state index is 15.4. The van der Waals surface area contributed by atoms with Crippen LogP contribution in [0, 0.1) is 0 Å². The second-order valence-electron chi connectivity index (χ2n) is 17.1. The Balaban J connectivity index is 2.48. The third-order valence-corrected chi connectivity index (χ3v) is 26.5. The Kier molecular flexibility index (Phi) is 18.4. The van der Waals surface area contributed by atoms with E-state index in [0.29, 0.717) is 0 Å². The third-order valence-electron chi connectivity index (χ3n) is 11.8. The monoisotopic (exact) mass is 1400 g/mol. The minimum atomic E-state index is -8.93. The molecule has 46 heteroatoms. The molecule has 1 aliphatic rings. The van der Waals surface area contributed by atoms with Gasteiger partial charge in [0.25, 0.3) is 0 Å². The van der Waals surface area contributed by atoms with Gasteiger partial charge in [0.05, 0.1) is 0 Å². The van der Waals surface area contributed by atoms with Crippen molar-refractivity contribution in [2.75, 3.05) is 0 Å². The predicted octanol–water partition coefficient (Wildman–Crippen LogP) is 14.7. The van der Waals surface area contributed by atoms with Crippen LogP contribution in [0.1, 0.15) is 30.7 Å². The van der Waals surface area contributed by atoms with Crippen molar-refractivity contribution >= 4 is 33.6 Å². The van der Waals surface area contributed by atoms with Gasteiger partial charge in [0, 0.05) is 0 Å². The zero-order valence-corrected chi connectivity index (χ0v) is 40.7. The average Bonchev–Trinajstić information content (AvgIpc) is 3.32.